The zero-order valence-electron chi connectivity index (χ0n) is 16.5. The molecule has 3 rings (SSSR count). The van der Waals surface area contributed by atoms with E-state index < -0.39 is 5.25 Å². The Balaban J connectivity index is 1.74. The lowest BCUT2D eigenvalue weighted by molar-refractivity contribution is -0.128. The lowest BCUT2D eigenvalue weighted by Gasteiger charge is -2.16. The summed E-state index contributed by atoms with van der Waals surface area (Å²) in [5.74, 6) is -0.648. The van der Waals surface area contributed by atoms with Crippen LogP contribution in [0.4, 0.5) is 15.8 Å². The molecule has 1 saturated heterocycles. The van der Waals surface area contributed by atoms with E-state index >= 15 is 0 Å². The Morgan fingerprint density at radius 2 is 1.93 bits per heavy atom. The summed E-state index contributed by atoms with van der Waals surface area (Å²) in [4.78, 5) is 31.6. The summed E-state index contributed by atoms with van der Waals surface area (Å²) in [5.41, 5.74) is 2.29. The molecule has 0 aromatic heterocycles. The van der Waals surface area contributed by atoms with Gasteiger partial charge in [0, 0.05) is 18.7 Å². The molecule has 1 atom stereocenters. The Hall–Kier alpha value is -2.67. The van der Waals surface area contributed by atoms with Crippen LogP contribution >= 0.6 is 11.8 Å². The number of nitrogens with zero attached hydrogens (tertiary/aromatic N) is 2. The van der Waals surface area contributed by atoms with Crippen LogP contribution in [0.1, 0.15) is 31.7 Å². The average Bonchev–Trinajstić information content (AvgIpc) is 2.98. The highest BCUT2D eigenvalue weighted by atomic mass is 32.2. The summed E-state index contributed by atoms with van der Waals surface area (Å²) in [6, 6.07) is 13.3. The molecule has 0 radical (unpaired) electrons. The van der Waals surface area contributed by atoms with Crippen LogP contribution in [0.15, 0.2) is 53.5 Å². The Morgan fingerprint density at radius 3 is 2.62 bits per heavy atom. The summed E-state index contributed by atoms with van der Waals surface area (Å²) in [6.07, 6.45) is 1.86. The first-order valence-electron chi connectivity index (χ1n) is 9.65. The van der Waals surface area contributed by atoms with Gasteiger partial charge >= 0.3 is 0 Å². The van der Waals surface area contributed by atoms with Gasteiger partial charge < -0.3 is 5.32 Å². The number of nitrogens with one attached hydrogen (secondary N) is 1. The molecule has 2 aromatic carbocycles. The van der Waals surface area contributed by atoms with Crippen LogP contribution in [0, 0.1) is 12.7 Å². The van der Waals surface area contributed by atoms with Crippen LogP contribution < -0.4 is 5.32 Å². The maximum atomic E-state index is 13.2. The third-order valence-electron chi connectivity index (χ3n) is 4.60. The van der Waals surface area contributed by atoms with Crippen LogP contribution in [0.2, 0.25) is 0 Å². The van der Waals surface area contributed by atoms with Gasteiger partial charge in [0.1, 0.15) is 11.1 Å². The van der Waals surface area contributed by atoms with Gasteiger partial charge in [0.05, 0.1) is 5.69 Å². The van der Waals surface area contributed by atoms with Crippen molar-refractivity contribution >= 4 is 40.1 Å². The van der Waals surface area contributed by atoms with E-state index in [0.717, 1.165) is 24.1 Å². The maximum absolute atomic E-state index is 13.2. The Bertz CT molecular complexity index is 915. The van der Waals surface area contributed by atoms with Crippen molar-refractivity contribution in [2.24, 2.45) is 4.99 Å². The van der Waals surface area contributed by atoms with Gasteiger partial charge in [0.15, 0.2) is 5.17 Å². The van der Waals surface area contributed by atoms with Crippen molar-refractivity contribution < 1.29 is 14.0 Å². The first-order chi connectivity index (χ1) is 14.0. The Morgan fingerprint density at radius 1 is 1.21 bits per heavy atom. The van der Waals surface area contributed by atoms with Gasteiger partial charge in [-0.3, -0.25) is 14.5 Å². The standard InChI is InChI=1S/C22H24FN3O2S/c1-3-4-13-26-21(28)19(14-20(27)25-18-8-6-5-7-15(18)2)29-22(26)24-17-11-9-16(23)10-12-17/h5-12,19H,3-4,13-14H2,1-2H3,(H,25,27)/t19-/m1/s1. The van der Waals surface area contributed by atoms with Crippen molar-refractivity contribution in [3.63, 3.8) is 0 Å². The second-order valence-electron chi connectivity index (χ2n) is 6.89. The highest BCUT2D eigenvalue weighted by molar-refractivity contribution is 8.15. The van der Waals surface area contributed by atoms with E-state index in [-0.39, 0.29) is 24.1 Å². The van der Waals surface area contributed by atoms with Crippen LogP contribution in [-0.2, 0) is 9.59 Å². The number of aliphatic imine (C=N–C) groups is 1. The highest BCUT2D eigenvalue weighted by Gasteiger charge is 2.38. The van der Waals surface area contributed by atoms with E-state index in [0.29, 0.717) is 17.4 Å². The minimum absolute atomic E-state index is 0.0723. The number of amidine groups is 1. The van der Waals surface area contributed by atoms with E-state index in [2.05, 4.69) is 17.2 Å². The summed E-state index contributed by atoms with van der Waals surface area (Å²) < 4.78 is 13.2. The molecule has 152 valence electrons. The Kier molecular flexibility index (Phi) is 7.04. The van der Waals surface area contributed by atoms with Crippen molar-refractivity contribution in [2.75, 3.05) is 11.9 Å². The van der Waals surface area contributed by atoms with Crippen LogP contribution in [-0.4, -0.2) is 33.7 Å². The molecule has 1 N–H and O–H groups in total. The topological polar surface area (TPSA) is 61.8 Å². The van der Waals surface area contributed by atoms with Crippen LogP contribution in [0.3, 0.4) is 0 Å². The van der Waals surface area contributed by atoms with E-state index in [1.54, 1.807) is 17.0 Å². The second-order valence-corrected chi connectivity index (χ2v) is 8.06. The molecule has 0 unspecified atom stereocenters. The van der Waals surface area contributed by atoms with Crippen molar-refractivity contribution in [1.29, 1.82) is 0 Å². The third-order valence-corrected chi connectivity index (χ3v) is 5.77. The van der Waals surface area contributed by atoms with Crippen LogP contribution in [0.5, 0.6) is 0 Å². The smallest absolute Gasteiger partial charge is 0.242 e. The quantitative estimate of drug-likeness (QED) is 0.703. The van der Waals surface area contributed by atoms with Crippen molar-refractivity contribution in [3.05, 3.63) is 59.9 Å². The molecule has 0 bridgehead atoms. The largest absolute Gasteiger partial charge is 0.326 e. The number of rotatable bonds is 7. The number of para-hydroxylation sites is 1. The molecule has 29 heavy (non-hydrogen) atoms. The number of amides is 2. The fraction of sp³-hybridized carbons (Fsp3) is 0.318. The molecule has 0 aliphatic carbocycles. The van der Waals surface area contributed by atoms with Gasteiger partial charge in [-0.05, 0) is 49.2 Å². The first kappa shape index (κ1) is 21.0. The Labute approximate surface area is 174 Å². The molecule has 1 aliphatic rings. The molecular weight excluding hydrogens is 389 g/mol. The average molecular weight is 414 g/mol. The zero-order chi connectivity index (χ0) is 20.8. The summed E-state index contributed by atoms with van der Waals surface area (Å²) in [6.45, 7) is 4.53. The molecule has 0 spiro atoms. The fourth-order valence-electron chi connectivity index (χ4n) is 2.96. The van der Waals surface area contributed by atoms with E-state index in [9.17, 15) is 14.0 Å². The number of aryl methyl sites for hydroxylation is 1. The van der Waals surface area contributed by atoms with Gasteiger partial charge in [0.2, 0.25) is 11.8 Å². The molecule has 1 aliphatic heterocycles. The van der Waals surface area contributed by atoms with E-state index in [4.69, 9.17) is 0 Å². The second kappa shape index (κ2) is 9.69. The predicted octanol–water partition coefficient (Wildman–Crippen LogP) is 4.89. The molecule has 7 heteroatoms. The minimum atomic E-state index is -0.518. The number of hydrogen-bond donors (Lipinski definition) is 1. The van der Waals surface area contributed by atoms with Gasteiger partial charge in [-0.2, -0.15) is 0 Å². The molecule has 2 amide bonds. The summed E-state index contributed by atoms with van der Waals surface area (Å²) >= 11 is 1.29. The van der Waals surface area contributed by atoms with E-state index in [1.165, 1.54) is 23.9 Å². The lowest BCUT2D eigenvalue weighted by atomic mass is 10.2. The summed E-state index contributed by atoms with van der Waals surface area (Å²) in [7, 11) is 0. The van der Waals surface area contributed by atoms with Gasteiger partial charge in [-0.25, -0.2) is 9.38 Å². The van der Waals surface area contributed by atoms with Crippen molar-refractivity contribution in [3.8, 4) is 0 Å². The number of carbonyl (C=O) groups excluding carboxylic acids is 2. The maximum Gasteiger partial charge on any atom is 0.242 e. The molecule has 1 fully saturated rings. The normalized spacial score (nSPS) is 17.8. The number of anilines is 1. The number of thioether (sulfide) groups is 1. The van der Waals surface area contributed by atoms with Gasteiger partial charge in [0.25, 0.3) is 0 Å². The monoisotopic (exact) mass is 413 g/mol. The van der Waals surface area contributed by atoms with Crippen molar-refractivity contribution in [2.45, 2.75) is 38.4 Å². The number of benzene rings is 2. The first-order valence-corrected chi connectivity index (χ1v) is 10.5. The fourth-order valence-corrected chi connectivity index (χ4v) is 4.14. The highest BCUT2D eigenvalue weighted by Crippen LogP contribution is 2.32. The SMILES string of the molecule is CCCCN1C(=O)[C@@H](CC(=O)Nc2ccccc2C)SC1=Nc1ccc(F)cc1. The number of unbranched alkanes of at least 4 members (excludes halogenated alkanes) is 1. The molecule has 2 aromatic rings. The number of hydrogen-bond acceptors (Lipinski definition) is 4. The van der Waals surface area contributed by atoms with Gasteiger partial charge in [-0.1, -0.05) is 43.3 Å². The number of halogens is 1. The molecule has 1 heterocycles. The minimum Gasteiger partial charge on any atom is -0.326 e. The molecule has 5 nitrogen and oxygen atoms in total. The number of carbonyl (C=O) groups is 2. The predicted molar refractivity (Wildman–Crippen MR) is 116 cm³/mol. The molecule has 0 saturated carbocycles. The van der Waals surface area contributed by atoms with E-state index in [1.807, 2.05) is 31.2 Å². The zero-order valence-corrected chi connectivity index (χ0v) is 17.3. The van der Waals surface area contributed by atoms with Gasteiger partial charge in [-0.15, -0.1) is 0 Å². The molecular formula is C22H24FN3O2S. The lowest BCUT2D eigenvalue weighted by Crippen LogP contribution is -2.34. The third kappa shape index (κ3) is 5.44. The summed E-state index contributed by atoms with van der Waals surface area (Å²) in [5, 5.41) is 2.92. The van der Waals surface area contributed by atoms with Crippen LogP contribution in [0.25, 0.3) is 0 Å². The van der Waals surface area contributed by atoms with Crippen molar-refractivity contribution in [1.82, 2.24) is 4.90 Å².